The van der Waals surface area contributed by atoms with Gasteiger partial charge in [0.2, 0.25) is 0 Å². The van der Waals surface area contributed by atoms with Crippen molar-refractivity contribution in [1.29, 1.82) is 0 Å². The van der Waals surface area contributed by atoms with Gasteiger partial charge in [-0.05, 0) is 62.7 Å². The monoisotopic (exact) mass is 477 g/mol. The number of piperidine rings is 1. The van der Waals surface area contributed by atoms with Gasteiger partial charge in [0.15, 0.2) is 0 Å². The molecular weight excluding hydrogens is 446 g/mol. The number of amides is 1. The van der Waals surface area contributed by atoms with Crippen LogP contribution in [0.3, 0.4) is 0 Å². The van der Waals surface area contributed by atoms with Crippen LogP contribution >= 0.6 is 0 Å². The molecule has 4 saturated carbocycles. The number of carbonyl (C=O) groups excluding carboxylic acids is 1. The first kappa shape index (κ1) is 21.5. The fourth-order valence-corrected chi connectivity index (χ4v) is 7.53. The summed E-state index contributed by atoms with van der Waals surface area (Å²) < 4.78 is 5.61. The molecular formula is C26H31N5O4. The summed E-state index contributed by atoms with van der Waals surface area (Å²) in [6.45, 7) is 0.972. The van der Waals surface area contributed by atoms with Crippen molar-refractivity contribution in [3.63, 3.8) is 0 Å². The molecule has 9 heteroatoms. The van der Waals surface area contributed by atoms with Crippen LogP contribution in [0.4, 0.5) is 5.69 Å². The lowest BCUT2D eigenvalue weighted by Crippen LogP contribution is -2.59. The number of aromatic nitrogens is 3. The number of fused-ring (bicyclic) bond motifs is 1. The molecule has 35 heavy (non-hydrogen) atoms. The van der Waals surface area contributed by atoms with E-state index in [0.717, 1.165) is 42.6 Å². The van der Waals surface area contributed by atoms with Crippen LogP contribution in [0.5, 0.6) is 0 Å². The van der Waals surface area contributed by atoms with Crippen LogP contribution in [0.15, 0.2) is 16.8 Å². The first-order valence-electron chi connectivity index (χ1n) is 12.9. The highest BCUT2D eigenvalue weighted by Crippen LogP contribution is 2.56. The van der Waals surface area contributed by atoms with E-state index in [1.54, 1.807) is 11.1 Å². The lowest BCUT2D eigenvalue weighted by atomic mass is 9.52. The number of pyridine rings is 1. The summed E-state index contributed by atoms with van der Waals surface area (Å²) in [5.41, 5.74) is 3.23. The predicted octanol–water partition coefficient (Wildman–Crippen LogP) is 2.65. The Morgan fingerprint density at radius 3 is 2.69 bits per heavy atom. The molecule has 2 aromatic heterocycles. The molecule has 1 saturated heterocycles. The summed E-state index contributed by atoms with van der Waals surface area (Å²) in [6, 6.07) is 0.287. The van der Waals surface area contributed by atoms with Gasteiger partial charge >= 0.3 is 0 Å². The second-order valence-corrected chi connectivity index (χ2v) is 11.3. The third-order valence-corrected chi connectivity index (χ3v) is 8.95. The molecule has 1 aliphatic heterocycles. The Morgan fingerprint density at radius 2 is 1.94 bits per heavy atom. The van der Waals surface area contributed by atoms with Gasteiger partial charge in [0.25, 0.3) is 17.6 Å². The molecule has 4 bridgehead atoms. The standard InChI is InChI=1S/C26H31N5O4/c32-17-4-6-31(7-5-17)25(33)23-29-24(35-30-23)19-13-27-20-3-1-2-18(20)22(19)28-21-15-8-14-9-16(21)12-26(34,10-14)11-15/h1-2,13-17,21,32,34H,3-12H2,(H,27,28). The van der Waals surface area contributed by atoms with Crippen LogP contribution in [0.25, 0.3) is 17.5 Å². The minimum absolute atomic E-state index is 0.0372. The first-order chi connectivity index (χ1) is 17.0. The molecule has 9 nitrogen and oxygen atoms in total. The summed E-state index contributed by atoms with van der Waals surface area (Å²) in [7, 11) is 0. The topological polar surface area (TPSA) is 125 Å². The highest BCUT2D eigenvalue weighted by atomic mass is 16.5. The molecule has 1 amide bonds. The van der Waals surface area contributed by atoms with E-state index in [1.165, 1.54) is 12.8 Å². The van der Waals surface area contributed by atoms with E-state index in [9.17, 15) is 15.0 Å². The van der Waals surface area contributed by atoms with Crippen molar-refractivity contribution >= 4 is 17.7 Å². The van der Waals surface area contributed by atoms with Gasteiger partial charge in [-0.3, -0.25) is 9.78 Å². The van der Waals surface area contributed by atoms with Crippen molar-refractivity contribution in [1.82, 2.24) is 20.0 Å². The number of likely N-dealkylation sites (tertiary alicyclic amines) is 1. The Morgan fingerprint density at radius 1 is 1.17 bits per heavy atom. The Hall–Kier alpha value is -2.78. The summed E-state index contributed by atoms with van der Waals surface area (Å²) in [6.07, 6.45) is 12.5. The van der Waals surface area contributed by atoms with Crippen LogP contribution < -0.4 is 5.32 Å². The second kappa shape index (κ2) is 7.86. The molecule has 5 aliphatic carbocycles. The number of carbonyl (C=O) groups is 1. The SMILES string of the molecule is O=C(c1noc(-c2cnc3c(c2NC2C4CC5CC2CC(O)(C5)C4)C=CC3)n1)N1CCC(O)CC1. The summed E-state index contributed by atoms with van der Waals surface area (Å²) in [5.74, 6) is 1.58. The van der Waals surface area contributed by atoms with Gasteiger partial charge in [-0.25, -0.2) is 0 Å². The van der Waals surface area contributed by atoms with Gasteiger partial charge in [-0.15, -0.1) is 0 Å². The maximum absolute atomic E-state index is 12.9. The number of anilines is 1. The molecule has 2 unspecified atom stereocenters. The van der Waals surface area contributed by atoms with E-state index < -0.39 is 5.60 Å². The first-order valence-corrected chi connectivity index (χ1v) is 12.9. The Labute approximate surface area is 203 Å². The van der Waals surface area contributed by atoms with Crippen LogP contribution in [0, 0.1) is 17.8 Å². The zero-order chi connectivity index (χ0) is 23.7. The summed E-state index contributed by atoms with van der Waals surface area (Å²) in [5, 5.41) is 28.6. The van der Waals surface area contributed by atoms with E-state index in [2.05, 4.69) is 32.6 Å². The van der Waals surface area contributed by atoms with Gasteiger partial charge in [0.1, 0.15) is 0 Å². The Kier molecular flexibility index (Phi) is 4.83. The van der Waals surface area contributed by atoms with Gasteiger partial charge in [-0.1, -0.05) is 17.3 Å². The number of rotatable bonds is 4. The third kappa shape index (κ3) is 3.59. The molecule has 184 valence electrons. The minimum atomic E-state index is -0.482. The smallest absolute Gasteiger partial charge is 0.295 e. The van der Waals surface area contributed by atoms with Gasteiger partial charge in [-0.2, -0.15) is 4.98 Å². The molecule has 2 aromatic rings. The van der Waals surface area contributed by atoms with Gasteiger partial charge in [0.05, 0.1) is 28.6 Å². The fourth-order valence-electron chi connectivity index (χ4n) is 7.53. The third-order valence-electron chi connectivity index (χ3n) is 8.95. The van der Waals surface area contributed by atoms with Crippen LogP contribution in [0.1, 0.15) is 66.8 Å². The number of nitrogens with zero attached hydrogens (tertiary/aromatic N) is 4. The molecule has 0 spiro atoms. The molecule has 2 atom stereocenters. The van der Waals surface area contributed by atoms with Crippen molar-refractivity contribution in [2.45, 2.75) is 69.1 Å². The van der Waals surface area contributed by atoms with Crippen LogP contribution in [-0.2, 0) is 6.42 Å². The van der Waals surface area contributed by atoms with Gasteiger partial charge < -0.3 is 25.0 Å². The van der Waals surface area contributed by atoms with E-state index in [0.29, 0.717) is 49.2 Å². The number of aliphatic hydroxyl groups excluding tert-OH is 1. The number of aliphatic hydroxyl groups is 2. The quantitative estimate of drug-likeness (QED) is 0.614. The van der Waals surface area contributed by atoms with Gasteiger partial charge in [0, 0.05) is 37.3 Å². The Balaban J connectivity index is 1.20. The summed E-state index contributed by atoms with van der Waals surface area (Å²) >= 11 is 0. The molecule has 3 heterocycles. The zero-order valence-electron chi connectivity index (χ0n) is 19.7. The van der Waals surface area contributed by atoms with Crippen molar-refractivity contribution in [3.8, 4) is 11.5 Å². The average Bonchev–Trinajstić information content (AvgIpc) is 3.50. The predicted molar refractivity (Wildman–Crippen MR) is 127 cm³/mol. The Bertz CT molecular complexity index is 1180. The van der Waals surface area contributed by atoms with Crippen molar-refractivity contribution < 1.29 is 19.5 Å². The largest absolute Gasteiger partial charge is 0.393 e. The maximum atomic E-state index is 12.9. The van der Waals surface area contributed by atoms with Crippen LogP contribution in [0.2, 0.25) is 0 Å². The summed E-state index contributed by atoms with van der Waals surface area (Å²) in [4.78, 5) is 23.7. The molecule has 3 N–H and O–H groups in total. The average molecular weight is 478 g/mol. The highest BCUT2D eigenvalue weighted by molar-refractivity contribution is 5.91. The molecule has 6 aliphatic rings. The fraction of sp³-hybridized carbons (Fsp3) is 0.615. The van der Waals surface area contributed by atoms with Crippen molar-refractivity contribution in [2.24, 2.45) is 17.8 Å². The van der Waals surface area contributed by atoms with E-state index >= 15 is 0 Å². The van der Waals surface area contributed by atoms with Crippen molar-refractivity contribution in [3.05, 3.63) is 29.4 Å². The number of allylic oxidation sites excluding steroid dienone is 1. The van der Waals surface area contributed by atoms with E-state index in [4.69, 9.17) is 4.52 Å². The molecule has 0 aromatic carbocycles. The van der Waals surface area contributed by atoms with Crippen LogP contribution in [-0.4, -0.2) is 67.0 Å². The zero-order valence-corrected chi connectivity index (χ0v) is 19.7. The van der Waals surface area contributed by atoms with E-state index in [-0.39, 0.29) is 29.8 Å². The van der Waals surface area contributed by atoms with Crippen molar-refractivity contribution in [2.75, 3.05) is 18.4 Å². The number of hydrogen-bond acceptors (Lipinski definition) is 8. The molecule has 0 radical (unpaired) electrons. The number of hydrogen-bond donors (Lipinski definition) is 3. The second-order valence-electron chi connectivity index (χ2n) is 11.3. The molecule has 8 rings (SSSR count). The highest BCUT2D eigenvalue weighted by Gasteiger charge is 2.55. The lowest BCUT2D eigenvalue weighted by molar-refractivity contribution is -0.129. The van der Waals surface area contributed by atoms with E-state index in [1.807, 2.05) is 0 Å². The number of nitrogens with one attached hydrogen (secondary N) is 1. The normalized spacial score (nSPS) is 33.4. The lowest BCUT2D eigenvalue weighted by Gasteiger charge is -2.58. The maximum Gasteiger partial charge on any atom is 0.295 e. The molecule has 5 fully saturated rings. The minimum Gasteiger partial charge on any atom is -0.393 e.